The number of hydrogen-bond acceptors (Lipinski definition) is 4. The van der Waals surface area contributed by atoms with Gasteiger partial charge in [0.2, 0.25) is 5.95 Å². The predicted octanol–water partition coefficient (Wildman–Crippen LogP) is 10.5. The molecule has 0 saturated heterocycles. The van der Waals surface area contributed by atoms with Gasteiger partial charge in [0.15, 0.2) is 0 Å². The average molecular weight is 595 g/mol. The number of para-hydroxylation sites is 1. The minimum atomic E-state index is -0.188. The summed E-state index contributed by atoms with van der Waals surface area (Å²) in [6.07, 6.45) is 4.11. The van der Waals surface area contributed by atoms with Crippen molar-refractivity contribution in [2.24, 2.45) is 0 Å². The molecule has 0 spiro atoms. The molecule has 10 rings (SSSR count). The van der Waals surface area contributed by atoms with Crippen LogP contribution < -0.4 is 0 Å². The van der Waals surface area contributed by atoms with Crippen LogP contribution in [0.5, 0.6) is 0 Å². The van der Waals surface area contributed by atoms with Gasteiger partial charge in [-0.15, -0.1) is 11.3 Å². The second-order valence-corrected chi connectivity index (χ2v) is 13.5. The topological polar surface area (TPSA) is 43.6 Å². The third kappa shape index (κ3) is 3.28. The molecule has 4 heterocycles. The van der Waals surface area contributed by atoms with E-state index in [4.69, 9.17) is 15.0 Å². The average Bonchev–Trinajstić information content (AvgIpc) is 3.63. The molecule has 0 radical (unpaired) electrons. The maximum atomic E-state index is 5.40. The molecule has 9 aromatic rings. The van der Waals surface area contributed by atoms with E-state index in [1.807, 2.05) is 6.20 Å². The lowest BCUT2D eigenvalue weighted by atomic mass is 9.69. The molecular weight excluding hydrogens is 569 g/mol. The van der Waals surface area contributed by atoms with E-state index in [-0.39, 0.29) is 5.41 Å². The Hall–Kier alpha value is -5.39. The number of thiophene rings is 1. The maximum absolute atomic E-state index is 5.40. The summed E-state index contributed by atoms with van der Waals surface area (Å²) >= 11 is 1.76. The van der Waals surface area contributed by atoms with Crippen molar-refractivity contribution in [3.05, 3.63) is 133 Å². The maximum Gasteiger partial charge on any atom is 0.235 e. The molecule has 5 heteroatoms. The van der Waals surface area contributed by atoms with Crippen LogP contribution >= 0.6 is 11.3 Å². The Bertz CT molecular complexity index is 2680. The van der Waals surface area contributed by atoms with Gasteiger partial charge in [-0.05, 0) is 45.8 Å². The van der Waals surface area contributed by atoms with Crippen LogP contribution in [0.15, 0.2) is 122 Å². The summed E-state index contributed by atoms with van der Waals surface area (Å²) in [7, 11) is 0. The first-order valence-electron chi connectivity index (χ1n) is 15.3. The van der Waals surface area contributed by atoms with Crippen LogP contribution in [0.2, 0.25) is 0 Å². The van der Waals surface area contributed by atoms with Gasteiger partial charge >= 0.3 is 0 Å². The number of rotatable bonds is 2. The van der Waals surface area contributed by atoms with Crippen molar-refractivity contribution in [2.75, 3.05) is 0 Å². The van der Waals surface area contributed by atoms with Gasteiger partial charge < -0.3 is 0 Å². The van der Waals surface area contributed by atoms with Gasteiger partial charge in [-0.3, -0.25) is 9.55 Å². The molecule has 0 N–H and O–H groups in total. The Morgan fingerprint density at radius 1 is 0.644 bits per heavy atom. The molecule has 212 valence electrons. The van der Waals surface area contributed by atoms with Gasteiger partial charge in [0.05, 0.1) is 26.9 Å². The second-order valence-electron chi connectivity index (χ2n) is 12.5. The molecule has 1 aliphatic rings. The van der Waals surface area contributed by atoms with Crippen molar-refractivity contribution in [1.82, 2.24) is 19.5 Å². The Labute approximate surface area is 263 Å². The van der Waals surface area contributed by atoms with Crippen molar-refractivity contribution in [1.29, 1.82) is 0 Å². The van der Waals surface area contributed by atoms with Crippen LogP contribution in [0.4, 0.5) is 0 Å². The first-order chi connectivity index (χ1) is 22.1. The molecule has 4 aromatic heterocycles. The van der Waals surface area contributed by atoms with E-state index in [0.717, 1.165) is 43.3 Å². The van der Waals surface area contributed by atoms with Crippen LogP contribution in [0.25, 0.3) is 81.2 Å². The molecule has 0 atom stereocenters. The third-order valence-corrected chi connectivity index (χ3v) is 10.9. The molecule has 4 nitrogen and oxygen atoms in total. The Kier molecular flexibility index (Phi) is 4.91. The molecule has 45 heavy (non-hydrogen) atoms. The van der Waals surface area contributed by atoms with Crippen LogP contribution in [-0.2, 0) is 5.41 Å². The zero-order chi connectivity index (χ0) is 29.9. The molecule has 0 fully saturated rings. The van der Waals surface area contributed by atoms with E-state index in [1.54, 1.807) is 11.3 Å². The van der Waals surface area contributed by atoms with Gasteiger partial charge in [0, 0.05) is 49.6 Å². The fourth-order valence-electron chi connectivity index (χ4n) is 7.60. The van der Waals surface area contributed by atoms with E-state index in [9.17, 15) is 0 Å². The number of aromatic nitrogens is 4. The standard InChI is InChI=1S/C40H26N4S/c1-40(2)30-17-9-6-14-24(30)27-20-28-25-15-7-10-18-32(25)44(37(28)29-21-41-22-31(40)34(27)29)39-42-35(23-12-4-3-5-13-23)38-36(43-39)26-16-8-11-19-33(26)45-38/h3-22H,1-2H3. The van der Waals surface area contributed by atoms with E-state index < -0.39 is 0 Å². The molecule has 5 aromatic carbocycles. The zero-order valence-electron chi connectivity index (χ0n) is 24.7. The molecular formula is C40H26N4S. The van der Waals surface area contributed by atoms with Crippen molar-refractivity contribution < 1.29 is 0 Å². The highest BCUT2D eigenvalue weighted by Gasteiger charge is 2.35. The van der Waals surface area contributed by atoms with Crippen LogP contribution in [0.3, 0.4) is 0 Å². The number of benzene rings is 5. The molecule has 0 bridgehead atoms. The van der Waals surface area contributed by atoms with Crippen molar-refractivity contribution >= 4 is 64.2 Å². The summed E-state index contributed by atoms with van der Waals surface area (Å²) < 4.78 is 4.60. The van der Waals surface area contributed by atoms with Crippen LogP contribution in [-0.4, -0.2) is 19.5 Å². The number of hydrogen-bond donors (Lipinski definition) is 0. The fourth-order valence-corrected chi connectivity index (χ4v) is 8.75. The van der Waals surface area contributed by atoms with Crippen LogP contribution in [0.1, 0.15) is 25.0 Å². The minimum absolute atomic E-state index is 0.188. The third-order valence-electron chi connectivity index (χ3n) is 9.69. The largest absolute Gasteiger partial charge is 0.277 e. The van der Waals surface area contributed by atoms with E-state index >= 15 is 0 Å². The molecule has 0 amide bonds. The second kappa shape index (κ2) is 8.84. The number of nitrogens with zero attached hydrogens (tertiary/aromatic N) is 4. The summed E-state index contributed by atoms with van der Waals surface area (Å²) in [4.78, 5) is 15.7. The number of pyridine rings is 1. The fraction of sp³-hybridized carbons (Fsp3) is 0.0750. The van der Waals surface area contributed by atoms with E-state index in [2.05, 4.69) is 134 Å². The Morgan fingerprint density at radius 3 is 2.29 bits per heavy atom. The van der Waals surface area contributed by atoms with Gasteiger partial charge in [-0.25, -0.2) is 9.97 Å². The van der Waals surface area contributed by atoms with E-state index in [1.165, 1.54) is 43.1 Å². The molecule has 0 aliphatic heterocycles. The SMILES string of the molecule is CC1(C)c2ccccc2-c2cc3c4ccccc4n(-c4nc(-c5ccccc5)c5sc6ccccc6c5n4)c3c3cncc1c23. The minimum Gasteiger partial charge on any atom is -0.277 e. The molecule has 0 unspecified atom stereocenters. The molecule has 0 saturated carbocycles. The summed E-state index contributed by atoms with van der Waals surface area (Å²) in [5.41, 5.74) is 10.2. The quantitative estimate of drug-likeness (QED) is 0.200. The van der Waals surface area contributed by atoms with Crippen molar-refractivity contribution in [3.63, 3.8) is 0 Å². The van der Waals surface area contributed by atoms with Gasteiger partial charge in [-0.2, -0.15) is 0 Å². The van der Waals surface area contributed by atoms with Crippen molar-refractivity contribution in [2.45, 2.75) is 19.3 Å². The predicted molar refractivity (Wildman–Crippen MR) is 188 cm³/mol. The summed E-state index contributed by atoms with van der Waals surface area (Å²) in [5, 5.41) is 5.90. The highest BCUT2D eigenvalue weighted by molar-refractivity contribution is 7.26. The lowest BCUT2D eigenvalue weighted by molar-refractivity contribution is 0.642. The van der Waals surface area contributed by atoms with Gasteiger partial charge in [-0.1, -0.05) is 105 Å². The summed E-state index contributed by atoms with van der Waals surface area (Å²) in [6.45, 7) is 4.63. The highest BCUT2D eigenvalue weighted by atomic mass is 32.1. The lowest BCUT2D eigenvalue weighted by Crippen LogP contribution is -2.24. The smallest absolute Gasteiger partial charge is 0.235 e. The normalized spacial score (nSPS) is 13.7. The molecule has 1 aliphatic carbocycles. The summed E-state index contributed by atoms with van der Waals surface area (Å²) in [6, 6.07) is 38.9. The highest BCUT2D eigenvalue weighted by Crippen LogP contribution is 2.51. The zero-order valence-corrected chi connectivity index (χ0v) is 25.6. The first-order valence-corrected chi connectivity index (χ1v) is 16.1. The lowest BCUT2D eigenvalue weighted by Gasteiger charge is -2.34. The first kappa shape index (κ1) is 25.0. The summed E-state index contributed by atoms with van der Waals surface area (Å²) in [5.74, 6) is 0.673. The Morgan fingerprint density at radius 2 is 1.40 bits per heavy atom. The van der Waals surface area contributed by atoms with Crippen molar-refractivity contribution in [3.8, 4) is 28.3 Å². The van der Waals surface area contributed by atoms with Gasteiger partial charge in [0.1, 0.15) is 0 Å². The van der Waals surface area contributed by atoms with Gasteiger partial charge in [0.25, 0.3) is 0 Å². The van der Waals surface area contributed by atoms with E-state index in [0.29, 0.717) is 5.95 Å². The number of fused-ring (bicyclic) bond motifs is 9. The Balaban J connectivity index is 1.41. The monoisotopic (exact) mass is 594 g/mol. The van der Waals surface area contributed by atoms with Crippen LogP contribution in [0, 0.1) is 0 Å².